The maximum Gasteiger partial charge on any atom is 0.0794 e. The molecule has 0 spiro atoms. The van der Waals surface area contributed by atoms with Crippen molar-refractivity contribution in [1.82, 2.24) is 4.98 Å². The summed E-state index contributed by atoms with van der Waals surface area (Å²) in [4.78, 5) is 4.07. The fourth-order valence-electron chi connectivity index (χ4n) is 1.94. The third kappa shape index (κ3) is 1.79. The second kappa shape index (κ2) is 4.07. The molecule has 1 aromatic rings. The summed E-state index contributed by atoms with van der Waals surface area (Å²) in [6.45, 7) is 3.02. The van der Waals surface area contributed by atoms with Crippen LogP contribution in [0.2, 0.25) is 0 Å². The zero-order chi connectivity index (χ0) is 9.97. The molecule has 1 fully saturated rings. The van der Waals surface area contributed by atoms with Crippen LogP contribution in [-0.4, -0.2) is 17.7 Å². The minimum atomic E-state index is -0.0406. The van der Waals surface area contributed by atoms with Gasteiger partial charge in [0.15, 0.2) is 0 Å². The van der Waals surface area contributed by atoms with Crippen molar-refractivity contribution in [3.05, 3.63) is 30.1 Å². The number of rotatable bonds is 2. The molecular weight excluding hydrogens is 176 g/mol. The van der Waals surface area contributed by atoms with Crippen LogP contribution in [0, 0.1) is 5.92 Å². The van der Waals surface area contributed by atoms with Gasteiger partial charge in [-0.05, 0) is 24.0 Å². The van der Waals surface area contributed by atoms with Gasteiger partial charge in [-0.25, -0.2) is 0 Å². The van der Waals surface area contributed by atoms with E-state index in [-0.39, 0.29) is 12.1 Å². The number of hydrogen-bond acceptors (Lipinski definition) is 3. The van der Waals surface area contributed by atoms with Crippen molar-refractivity contribution in [1.29, 1.82) is 0 Å². The van der Waals surface area contributed by atoms with Crippen molar-refractivity contribution >= 4 is 0 Å². The maximum absolute atomic E-state index is 6.13. The van der Waals surface area contributed by atoms with Crippen LogP contribution in [0.4, 0.5) is 0 Å². The van der Waals surface area contributed by atoms with Gasteiger partial charge in [-0.1, -0.05) is 13.0 Å². The maximum atomic E-state index is 6.13. The molecule has 0 aliphatic carbocycles. The molecule has 0 amide bonds. The second-order valence-corrected chi connectivity index (χ2v) is 3.91. The van der Waals surface area contributed by atoms with Gasteiger partial charge in [0, 0.05) is 19.0 Å². The van der Waals surface area contributed by atoms with Crippen molar-refractivity contribution in [2.45, 2.75) is 25.5 Å². The van der Waals surface area contributed by atoms with E-state index >= 15 is 0 Å². The van der Waals surface area contributed by atoms with Gasteiger partial charge in [0.2, 0.25) is 0 Å². The fraction of sp³-hybridized carbons (Fsp3) is 0.545. The number of pyridine rings is 1. The smallest absolute Gasteiger partial charge is 0.0794 e. The van der Waals surface area contributed by atoms with Gasteiger partial charge >= 0.3 is 0 Å². The summed E-state index contributed by atoms with van der Waals surface area (Å²) < 4.78 is 5.63. The molecule has 3 atom stereocenters. The Hall–Kier alpha value is -0.930. The highest BCUT2D eigenvalue weighted by Crippen LogP contribution is 2.29. The molecule has 76 valence electrons. The van der Waals surface area contributed by atoms with Gasteiger partial charge in [0.05, 0.1) is 12.1 Å². The third-order valence-electron chi connectivity index (χ3n) is 2.87. The van der Waals surface area contributed by atoms with Crippen molar-refractivity contribution in [3.8, 4) is 0 Å². The minimum absolute atomic E-state index is 0.0406. The van der Waals surface area contributed by atoms with E-state index in [4.69, 9.17) is 10.5 Å². The highest BCUT2D eigenvalue weighted by atomic mass is 16.5. The van der Waals surface area contributed by atoms with E-state index in [1.807, 2.05) is 18.3 Å². The first-order chi connectivity index (χ1) is 6.79. The first-order valence-electron chi connectivity index (χ1n) is 5.06. The third-order valence-corrected chi connectivity index (χ3v) is 2.87. The van der Waals surface area contributed by atoms with E-state index in [0.717, 1.165) is 18.6 Å². The highest BCUT2D eigenvalue weighted by molar-refractivity contribution is 5.15. The van der Waals surface area contributed by atoms with Gasteiger partial charge in [0.1, 0.15) is 0 Å². The Kier molecular flexibility index (Phi) is 2.79. The molecule has 14 heavy (non-hydrogen) atoms. The average Bonchev–Trinajstić information content (AvgIpc) is 2.65. The highest BCUT2D eigenvalue weighted by Gasteiger charge is 2.30. The molecule has 3 unspecified atom stereocenters. The first kappa shape index (κ1) is 9.62. The average molecular weight is 192 g/mol. The number of ether oxygens (including phenoxy) is 1. The number of hydrogen-bond donors (Lipinski definition) is 1. The lowest BCUT2D eigenvalue weighted by Gasteiger charge is -2.22. The lowest BCUT2D eigenvalue weighted by atomic mass is 9.94. The Morgan fingerprint density at radius 2 is 2.50 bits per heavy atom. The number of nitrogens with zero attached hydrogens (tertiary/aromatic N) is 1. The Balaban J connectivity index is 2.12. The van der Waals surface area contributed by atoms with Crippen LogP contribution in [0.25, 0.3) is 0 Å². The monoisotopic (exact) mass is 192 g/mol. The normalized spacial score (nSPS) is 29.0. The van der Waals surface area contributed by atoms with E-state index < -0.39 is 0 Å². The Morgan fingerprint density at radius 1 is 1.64 bits per heavy atom. The van der Waals surface area contributed by atoms with Crippen molar-refractivity contribution in [2.75, 3.05) is 6.61 Å². The molecule has 0 saturated carbocycles. The molecule has 2 rings (SSSR count). The van der Waals surface area contributed by atoms with Crippen LogP contribution in [0.5, 0.6) is 0 Å². The summed E-state index contributed by atoms with van der Waals surface area (Å²) in [6.07, 6.45) is 4.84. The van der Waals surface area contributed by atoms with Gasteiger partial charge in [-0.15, -0.1) is 0 Å². The van der Waals surface area contributed by atoms with Crippen LogP contribution in [-0.2, 0) is 4.74 Å². The zero-order valence-electron chi connectivity index (χ0n) is 8.39. The van der Waals surface area contributed by atoms with Gasteiger partial charge in [0.25, 0.3) is 0 Å². The van der Waals surface area contributed by atoms with Crippen LogP contribution in [0.15, 0.2) is 24.5 Å². The van der Waals surface area contributed by atoms with E-state index in [9.17, 15) is 0 Å². The second-order valence-electron chi connectivity index (χ2n) is 3.91. The molecule has 3 nitrogen and oxygen atoms in total. The summed E-state index contributed by atoms with van der Waals surface area (Å²) in [6, 6.07) is 3.88. The number of nitrogens with two attached hydrogens (primary N) is 1. The van der Waals surface area contributed by atoms with Crippen LogP contribution in [0.3, 0.4) is 0 Å². The Labute approximate surface area is 84.3 Å². The molecule has 2 N–H and O–H groups in total. The largest absolute Gasteiger partial charge is 0.376 e. The Bertz CT molecular complexity index is 289. The van der Waals surface area contributed by atoms with Gasteiger partial charge < -0.3 is 10.5 Å². The zero-order valence-corrected chi connectivity index (χ0v) is 8.39. The molecular formula is C11H16N2O. The molecule has 0 bridgehead atoms. The fourth-order valence-corrected chi connectivity index (χ4v) is 1.94. The van der Waals surface area contributed by atoms with Gasteiger partial charge in [-0.3, -0.25) is 4.98 Å². The van der Waals surface area contributed by atoms with Crippen molar-refractivity contribution < 1.29 is 4.74 Å². The lowest BCUT2D eigenvalue weighted by Crippen LogP contribution is -2.29. The molecule has 1 aromatic heterocycles. The van der Waals surface area contributed by atoms with Crippen LogP contribution >= 0.6 is 0 Å². The summed E-state index contributed by atoms with van der Waals surface area (Å²) in [5, 5.41) is 0. The van der Waals surface area contributed by atoms with Crippen molar-refractivity contribution in [2.24, 2.45) is 11.7 Å². The van der Waals surface area contributed by atoms with E-state index in [2.05, 4.69) is 11.9 Å². The van der Waals surface area contributed by atoms with Crippen LogP contribution < -0.4 is 5.73 Å². The van der Waals surface area contributed by atoms with Gasteiger partial charge in [-0.2, -0.15) is 0 Å². The minimum Gasteiger partial charge on any atom is -0.376 e. The summed E-state index contributed by atoms with van der Waals surface area (Å²) in [5.74, 6) is 0.546. The SMILES string of the molecule is CC1CCOC1C(N)c1cccnc1. The molecule has 1 aliphatic rings. The lowest BCUT2D eigenvalue weighted by molar-refractivity contribution is 0.0724. The van der Waals surface area contributed by atoms with Crippen molar-refractivity contribution in [3.63, 3.8) is 0 Å². The molecule has 3 heteroatoms. The number of aromatic nitrogens is 1. The van der Waals surface area contributed by atoms with E-state index in [0.29, 0.717) is 5.92 Å². The quantitative estimate of drug-likeness (QED) is 0.772. The molecule has 0 radical (unpaired) electrons. The van der Waals surface area contributed by atoms with E-state index in [1.165, 1.54) is 0 Å². The molecule has 1 saturated heterocycles. The van der Waals surface area contributed by atoms with Crippen LogP contribution in [0.1, 0.15) is 24.9 Å². The predicted octanol–water partition coefficient (Wildman–Crippen LogP) is 1.51. The van der Waals surface area contributed by atoms with E-state index in [1.54, 1.807) is 6.20 Å². The molecule has 1 aliphatic heterocycles. The topological polar surface area (TPSA) is 48.1 Å². The predicted molar refractivity (Wildman–Crippen MR) is 54.7 cm³/mol. The summed E-state index contributed by atoms with van der Waals surface area (Å²) >= 11 is 0. The molecule has 2 heterocycles. The summed E-state index contributed by atoms with van der Waals surface area (Å²) in [7, 11) is 0. The summed E-state index contributed by atoms with van der Waals surface area (Å²) in [5.41, 5.74) is 7.19. The Morgan fingerprint density at radius 3 is 3.07 bits per heavy atom. The standard InChI is InChI=1S/C11H16N2O/c1-8-4-6-14-11(8)10(12)9-3-2-5-13-7-9/h2-3,5,7-8,10-11H,4,6,12H2,1H3. The first-order valence-corrected chi connectivity index (χ1v) is 5.06. The molecule has 0 aromatic carbocycles.